The first kappa shape index (κ1) is 25.3. The van der Waals surface area contributed by atoms with Crippen molar-refractivity contribution in [1.82, 2.24) is 0 Å². The Kier molecular flexibility index (Phi) is 13.6. The number of nitrogens with one attached hydrogen (secondary N) is 1. The van der Waals surface area contributed by atoms with Gasteiger partial charge in [0.15, 0.2) is 0 Å². The minimum absolute atomic E-state index is 0.0500. The fourth-order valence-electron chi connectivity index (χ4n) is 2.54. The van der Waals surface area contributed by atoms with Crippen LogP contribution in [0.4, 0.5) is 10.5 Å². The lowest BCUT2D eigenvalue weighted by molar-refractivity contribution is -0.0746. The third kappa shape index (κ3) is 12.4. The molecule has 1 aliphatic heterocycles. The molecule has 0 saturated carbocycles. The number of carbonyl (C=O) groups is 1. The Bertz CT molecular complexity index is 592. The molecule has 1 N–H and O–H groups in total. The van der Waals surface area contributed by atoms with Gasteiger partial charge in [0.1, 0.15) is 12.7 Å². The zero-order valence-electron chi connectivity index (χ0n) is 17.9. The molecule has 1 atom stereocenters. The summed E-state index contributed by atoms with van der Waals surface area (Å²) in [5, 5.41) is 2.68. The summed E-state index contributed by atoms with van der Waals surface area (Å²) in [6.45, 7) is 8.61. The van der Waals surface area contributed by atoms with E-state index in [-0.39, 0.29) is 13.2 Å². The maximum absolute atomic E-state index is 12.1. The van der Waals surface area contributed by atoms with E-state index in [9.17, 15) is 4.79 Å². The lowest BCUT2D eigenvalue weighted by Gasteiger charge is -2.19. The molecule has 9 nitrogen and oxygen atoms in total. The van der Waals surface area contributed by atoms with Crippen molar-refractivity contribution < 1.29 is 38.0 Å². The predicted molar refractivity (Wildman–Crippen MR) is 115 cm³/mol. The summed E-state index contributed by atoms with van der Waals surface area (Å²) < 4.78 is 38.4. The van der Waals surface area contributed by atoms with Crippen molar-refractivity contribution in [3.63, 3.8) is 0 Å². The highest BCUT2D eigenvalue weighted by atomic mass is 16.6. The third-order valence-electron chi connectivity index (χ3n) is 4.17. The Balaban J connectivity index is 1.72. The van der Waals surface area contributed by atoms with Gasteiger partial charge in [-0.25, -0.2) is 4.79 Å². The normalized spacial score (nSPS) is 20.7. The number of amides is 1. The van der Waals surface area contributed by atoms with Crippen molar-refractivity contribution in [3.05, 3.63) is 36.4 Å². The number of anilines is 1. The largest absolute Gasteiger partial charge is 0.446 e. The summed E-state index contributed by atoms with van der Waals surface area (Å²) in [6, 6.07) is 7.26. The van der Waals surface area contributed by atoms with E-state index in [4.69, 9.17) is 33.2 Å². The molecule has 0 radical (unpaired) electrons. The highest BCUT2D eigenvalue weighted by molar-refractivity contribution is 5.84. The van der Waals surface area contributed by atoms with E-state index in [1.54, 1.807) is 18.2 Å². The molecule has 174 valence electrons. The Morgan fingerprint density at radius 2 is 1.39 bits per heavy atom. The number of hydrogen-bond acceptors (Lipinski definition) is 8. The second kappa shape index (κ2) is 16.7. The van der Waals surface area contributed by atoms with Crippen molar-refractivity contribution in [2.45, 2.75) is 6.10 Å². The van der Waals surface area contributed by atoms with Crippen LogP contribution in [0.15, 0.2) is 30.8 Å². The minimum Gasteiger partial charge on any atom is -0.446 e. The maximum atomic E-state index is 12.1. The van der Waals surface area contributed by atoms with Gasteiger partial charge in [0.25, 0.3) is 0 Å². The van der Waals surface area contributed by atoms with Crippen LogP contribution in [0.2, 0.25) is 0 Å². The van der Waals surface area contributed by atoms with Crippen LogP contribution < -0.4 is 5.32 Å². The van der Waals surface area contributed by atoms with E-state index < -0.39 is 12.2 Å². The van der Waals surface area contributed by atoms with Crippen LogP contribution in [-0.2, 0) is 33.2 Å². The highest BCUT2D eigenvalue weighted by Crippen LogP contribution is 2.10. The molecule has 0 bridgehead atoms. The van der Waals surface area contributed by atoms with Crippen LogP contribution in [0.5, 0.6) is 0 Å². The van der Waals surface area contributed by atoms with Crippen LogP contribution in [0.3, 0.4) is 0 Å². The van der Waals surface area contributed by atoms with Crippen LogP contribution in [-0.4, -0.2) is 91.5 Å². The van der Waals surface area contributed by atoms with Gasteiger partial charge in [0.2, 0.25) is 0 Å². The Morgan fingerprint density at radius 1 is 0.871 bits per heavy atom. The van der Waals surface area contributed by atoms with Gasteiger partial charge in [-0.15, -0.1) is 0 Å². The molecule has 2 rings (SSSR count). The van der Waals surface area contributed by atoms with E-state index in [1.807, 2.05) is 12.1 Å². The lowest BCUT2D eigenvalue weighted by Crippen LogP contribution is -2.30. The first-order valence-electron chi connectivity index (χ1n) is 10.4. The lowest BCUT2D eigenvalue weighted by atomic mass is 10.2. The molecule has 0 aliphatic carbocycles. The molecular formula is C22H33NO8. The Morgan fingerprint density at radius 3 is 1.94 bits per heavy atom. The summed E-state index contributed by atoms with van der Waals surface area (Å²) in [7, 11) is 0. The van der Waals surface area contributed by atoms with Crippen molar-refractivity contribution in [2.24, 2.45) is 0 Å². The van der Waals surface area contributed by atoms with E-state index in [1.165, 1.54) is 0 Å². The van der Waals surface area contributed by atoms with Gasteiger partial charge in [-0.05, 0) is 17.7 Å². The van der Waals surface area contributed by atoms with Crippen LogP contribution in [0.25, 0.3) is 6.08 Å². The molecule has 1 aromatic carbocycles. The van der Waals surface area contributed by atoms with Gasteiger partial charge in [0.05, 0.1) is 72.7 Å². The van der Waals surface area contributed by atoms with Crippen LogP contribution in [0, 0.1) is 0 Å². The van der Waals surface area contributed by atoms with E-state index in [2.05, 4.69) is 11.9 Å². The smallest absolute Gasteiger partial charge is 0.411 e. The summed E-state index contributed by atoms with van der Waals surface area (Å²) >= 11 is 0. The summed E-state index contributed by atoms with van der Waals surface area (Å²) in [5.74, 6) is 0. The second-order valence-corrected chi connectivity index (χ2v) is 6.57. The number of ether oxygens (including phenoxy) is 7. The van der Waals surface area contributed by atoms with Crippen LogP contribution >= 0.6 is 0 Å². The summed E-state index contributed by atoms with van der Waals surface area (Å²) in [6.07, 6.45) is 0.747. The average Bonchev–Trinajstić information content (AvgIpc) is 2.78. The molecule has 1 fully saturated rings. The summed E-state index contributed by atoms with van der Waals surface area (Å²) in [5.41, 5.74) is 1.60. The highest BCUT2D eigenvalue weighted by Gasteiger charge is 2.14. The first-order chi connectivity index (χ1) is 15.3. The van der Waals surface area contributed by atoms with Gasteiger partial charge < -0.3 is 33.2 Å². The molecule has 1 aliphatic rings. The van der Waals surface area contributed by atoms with Gasteiger partial charge in [-0.3, -0.25) is 5.32 Å². The van der Waals surface area contributed by atoms with Gasteiger partial charge >= 0.3 is 6.09 Å². The zero-order chi connectivity index (χ0) is 22.0. The van der Waals surface area contributed by atoms with Crippen molar-refractivity contribution in [3.8, 4) is 0 Å². The number of benzene rings is 1. The summed E-state index contributed by atoms with van der Waals surface area (Å²) in [4.78, 5) is 12.1. The van der Waals surface area contributed by atoms with Crippen molar-refractivity contribution >= 4 is 17.9 Å². The van der Waals surface area contributed by atoms with Crippen LogP contribution in [0.1, 0.15) is 5.56 Å². The van der Waals surface area contributed by atoms with E-state index in [0.717, 1.165) is 5.56 Å². The zero-order valence-corrected chi connectivity index (χ0v) is 17.9. The first-order valence-corrected chi connectivity index (χ1v) is 10.4. The van der Waals surface area contributed by atoms with Crippen molar-refractivity contribution in [1.29, 1.82) is 0 Å². The van der Waals surface area contributed by atoms with E-state index >= 15 is 0 Å². The molecule has 1 aromatic rings. The Labute approximate surface area is 183 Å². The van der Waals surface area contributed by atoms with Gasteiger partial charge in [-0.2, -0.15) is 0 Å². The van der Waals surface area contributed by atoms with Gasteiger partial charge in [-0.1, -0.05) is 24.8 Å². The molecule has 9 heteroatoms. The molecular weight excluding hydrogens is 406 g/mol. The standard InChI is InChI=1S/C22H33NO8/c1-2-19-3-5-20(6-4-19)23-22(24)31-18-21-17-29-14-13-27-10-9-25-7-8-26-11-12-28-15-16-30-21/h2-6,21H,1,7-18H2,(H,23,24). The number of rotatable bonds is 4. The molecule has 31 heavy (non-hydrogen) atoms. The quantitative estimate of drug-likeness (QED) is 0.764. The minimum atomic E-state index is -0.564. The topological polar surface area (TPSA) is 93.7 Å². The maximum Gasteiger partial charge on any atom is 0.411 e. The molecule has 1 unspecified atom stereocenters. The Hall–Kier alpha value is -2.01. The van der Waals surface area contributed by atoms with E-state index in [0.29, 0.717) is 71.8 Å². The van der Waals surface area contributed by atoms with Gasteiger partial charge in [0, 0.05) is 5.69 Å². The molecule has 1 heterocycles. The average molecular weight is 440 g/mol. The SMILES string of the molecule is C=Cc1ccc(NC(=O)OCC2COCCOCCOCCOCCOCCO2)cc1. The number of hydrogen-bond donors (Lipinski definition) is 1. The molecule has 0 aromatic heterocycles. The fourth-order valence-corrected chi connectivity index (χ4v) is 2.54. The predicted octanol–water partition coefficient (Wildman–Crippen LogP) is 2.36. The molecule has 1 saturated heterocycles. The van der Waals surface area contributed by atoms with Crippen molar-refractivity contribution in [2.75, 3.05) is 84.6 Å². The fraction of sp³-hybridized carbons (Fsp3) is 0.591. The molecule has 1 amide bonds. The molecule has 0 spiro atoms. The monoisotopic (exact) mass is 439 g/mol. The third-order valence-corrected chi connectivity index (χ3v) is 4.17. The number of carbonyl (C=O) groups excluding carboxylic acids is 1. The second-order valence-electron chi connectivity index (χ2n) is 6.57.